The zero-order chi connectivity index (χ0) is 64.8. The number of unbranched alkanes of at least 4 members (excludes halogenated alkanes) is 60. The maximum atomic E-state index is 12.9. The average Bonchev–Trinajstić information content (AvgIpc) is 3.60. The van der Waals surface area contributed by atoms with Crippen LogP contribution in [0.1, 0.15) is 431 Å². The topological polar surface area (TPSA) is 111 Å². The molecule has 10 heteroatoms. The number of rotatable bonds is 76. The van der Waals surface area contributed by atoms with E-state index >= 15 is 0 Å². The lowest BCUT2D eigenvalue weighted by atomic mass is 10.0. The summed E-state index contributed by atoms with van der Waals surface area (Å²) in [6, 6.07) is 0. The molecular weight excluding hydrogens is 1120 g/mol. The van der Waals surface area contributed by atoms with Crippen molar-refractivity contribution in [2.45, 2.75) is 437 Å². The Kier molecular flexibility index (Phi) is 70.1. The number of carbonyl (C=O) groups is 2. The molecule has 0 heterocycles. The van der Waals surface area contributed by atoms with Gasteiger partial charge in [-0.2, -0.15) is 0 Å². The Bertz CT molecular complexity index is 1500. The van der Waals surface area contributed by atoms with E-state index in [2.05, 4.69) is 26.0 Å². The summed E-state index contributed by atoms with van der Waals surface area (Å²) in [7, 11) is 1.19. The van der Waals surface area contributed by atoms with Gasteiger partial charge in [-0.3, -0.25) is 14.2 Å². The molecule has 0 radical (unpaired) electrons. The minimum absolute atomic E-state index is 0.0264. The van der Waals surface area contributed by atoms with Gasteiger partial charge in [0.05, 0.1) is 27.7 Å². The minimum Gasteiger partial charge on any atom is -0.756 e. The van der Waals surface area contributed by atoms with Crippen LogP contribution in [0.5, 0.6) is 0 Å². The Balaban J connectivity index is 3.85. The molecule has 0 aliphatic heterocycles. The van der Waals surface area contributed by atoms with Gasteiger partial charge in [0.2, 0.25) is 0 Å². The number of likely N-dealkylation sites (N-methyl/N-ethyl adjacent to an activating group) is 1. The van der Waals surface area contributed by atoms with Gasteiger partial charge < -0.3 is 27.9 Å². The van der Waals surface area contributed by atoms with Crippen LogP contribution >= 0.6 is 7.82 Å². The highest BCUT2D eigenvalue weighted by Crippen LogP contribution is 2.38. The summed E-state index contributed by atoms with van der Waals surface area (Å²) in [5, 5.41) is 0. The fourth-order valence-corrected chi connectivity index (χ4v) is 13.2. The molecule has 2 unspecified atom stereocenters. The summed E-state index contributed by atoms with van der Waals surface area (Å²) in [5.41, 5.74) is 0. The Hall–Kier alpha value is -1.25. The van der Waals surface area contributed by atoms with E-state index in [4.69, 9.17) is 18.5 Å². The number of phosphoric acid groups is 1. The van der Waals surface area contributed by atoms with Crippen molar-refractivity contribution >= 4 is 19.8 Å². The van der Waals surface area contributed by atoms with Crippen LogP contribution in [0.25, 0.3) is 0 Å². The maximum Gasteiger partial charge on any atom is 0.306 e. The second-order valence-electron chi connectivity index (χ2n) is 28.8. The van der Waals surface area contributed by atoms with E-state index in [0.717, 1.165) is 32.1 Å². The molecule has 0 N–H and O–H groups in total. The van der Waals surface area contributed by atoms with Crippen molar-refractivity contribution in [3.05, 3.63) is 12.2 Å². The molecule has 0 aliphatic rings. The third-order valence-corrected chi connectivity index (χ3v) is 19.5. The largest absolute Gasteiger partial charge is 0.756 e. The number of nitrogens with zero attached hydrogens (tertiary/aromatic N) is 1. The molecule has 89 heavy (non-hydrogen) atoms. The second-order valence-corrected chi connectivity index (χ2v) is 30.2. The molecule has 0 amide bonds. The number of carbonyl (C=O) groups excluding carboxylic acids is 2. The summed E-state index contributed by atoms with van der Waals surface area (Å²) in [5.74, 6) is -0.806. The van der Waals surface area contributed by atoms with E-state index in [9.17, 15) is 19.0 Å². The first-order chi connectivity index (χ1) is 43.5. The Labute approximate surface area is 556 Å². The van der Waals surface area contributed by atoms with E-state index < -0.39 is 26.5 Å². The Morgan fingerprint density at radius 3 is 0.831 bits per heavy atom. The second kappa shape index (κ2) is 71.1. The van der Waals surface area contributed by atoms with Crippen molar-refractivity contribution in [3.63, 3.8) is 0 Å². The summed E-state index contributed by atoms with van der Waals surface area (Å²) >= 11 is 0. The number of ether oxygens (including phenoxy) is 2. The van der Waals surface area contributed by atoms with E-state index in [1.54, 1.807) is 0 Å². The molecule has 9 nitrogen and oxygen atoms in total. The highest BCUT2D eigenvalue weighted by atomic mass is 31.2. The average molecular weight is 1280 g/mol. The van der Waals surface area contributed by atoms with Crippen LogP contribution in [0.3, 0.4) is 0 Å². The highest BCUT2D eigenvalue weighted by Gasteiger charge is 2.22. The molecule has 0 aromatic carbocycles. The Morgan fingerprint density at radius 1 is 0.337 bits per heavy atom. The minimum atomic E-state index is -4.64. The molecule has 0 bridgehead atoms. The monoisotopic (exact) mass is 1280 g/mol. The zero-order valence-electron chi connectivity index (χ0n) is 60.7. The lowest BCUT2D eigenvalue weighted by molar-refractivity contribution is -0.870. The molecule has 0 fully saturated rings. The lowest BCUT2D eigenvalue weighted by Crippen LogP contribution is -2.37. The van der Waals surface area contributed by atoms with E-state index in [0.29, 0.717) is 17.4 Å². The van der Waals surface area contributed by atoms with Crippen molar-refractivity contribution in [1.29, 1.82) is 0 Å². The van der Waals surface area contributed by atoms with Crippen molar-refractivity contribution in [2.75, 3.05) is 47.5 Å². The third-order valence-electron chi connectivity index (χ3n) is 18.5. The molecular formula is C79H156NO8P. The van der Waals surface area contributed by atoms with Gasteiger partial charge in [-0.25, -0.2) is 0 Å². The predicted octanol–water partition coefficient (Wildman–Crippen LogP) is 25.6. The van der Waals surface area contributed by atoms with Gasteiger partial charge in [0, 0.05) is 12.8 Å². The van der Waals surface area contributed by atoms with Gasteiger partial charge in [0.15, 0.2) is 6.10 Å². The first-order valence-electron chi connectivity index (χ1n) is 39.9. The normalized spacial score (nSPS) is 13.0. The number of allylic oxidation sites excluding steroid dienone is 2. The smallest absolute Gasteiger partial charge is 0.306 e. The number of phosphoric ester groups is 1. The molecule has 0 saturated heterocycles. The van der Waals surface area contributed by atoms with Crippen LogP contribution in [0.2, 0.25) is 0 Å². The van der Waals surface area contributed by atoms with Crippen molar-refractivity contribution in [1.82, 2.24) is 0 Å². The van der Waals surface area contributed by atoms with E-state index in [1.807, 2.05) is 21.1 Å². The highest BCUT2D eigenvalue weighted by molar-refractivity contribution is 7.45. The zero-order valence-corrected chi connectivity index (χ0v) is 61.6. The maximum absolute atomic E-state index is 12.9. The number of hydrogen-bond donors (Lipinski definition) is 0. The molecule has 0 aromatic heterocycles. The van der Waals surface area contributed by atoms with Gasteiger partial charge in [0.25, 0.3) is 7.82 Å². The number of hydrogen-bond acceptors (Lipinski definition) is 8. The van der Waals surface area contributed by atoms with Crippen molar-refractivity contribution < 1.29 is 42.1 Å². The molecule has 0 spiro atoms. The van der Waals surface area contributed by atoms with Crippen LogP contribution in [-0.2, 0) is 32.7 Å². The van der Waals surface area contributed by atoms with Gasteiger partial charge >= 0.3 is 11.9 Å². The fraction of sp³-hybridized carbons (Fsp3) is 0.949. The molecule has 0 saturated carbocycles. The van der Waals surface area contributed by atoms with Crippen molar-refractivity contribution in [3.8, 4) is 0 Å². The number of quaternary nitrogens is 1. The van der Waals surface area contributed by atoms with Gasteiger partial charge in [0.1, 0.15) is 19.8 Å². The lowest BCUT2D eigenvalue weighted by Gasteiger charge is -2.28. The van der Waals surface area contributed by atoms with Crippen LogP contribution in [0, 0.1) is 0 Å². The first kappa shape index (κ1) is 87.8. The van der Waals surface area contributed by atoms with E-state index in [1.165, 1.54) is 366 Å². The van der Waals surface area contributed by atoms with Crippen LogP contribution in [0.15, 0.2) is 12.2 Å². The third kappa shape index (κ3) is 75.7. The van der Waals surface area contributed by atoms with Gasteiger partial charge in [-0.05, 0) is 38.5 Å². The van der Waals surface area contributed by atoms with Gasteiger partial charge in [-0.15, -0.1) is 0 Å². The standard InChI is InChI=1S/C79H156NO8P/c1-6-8-10-12-14-16-18-20-22-24-26-28-30-32-33-34-35-36-37-38-39-40-41-42-43-44-45-46-48-49-51-53-55-57-59-61-63-65-67-69-71-78(81)85-75-77(76-87-89(83,84)86-74-73-80(3,4)5)88-79(82)72-70-68-66-64-62-60-58-56-54-52-50-47-31-29-27-25-23-21-19-17-15-13-11-9-7-2/h25,27,77H,6-24,26,28-76H2,1-5H3/b27-25-. The van der Waals surface area contributed by atoms with Gasteiger partial charge in [-0.1, -0.05) is 392 Å². The van der Waals surface area contributed by atoms with Crippen LogP contribution < -0.4 is 4.89 Å². The molecule has 2 atom stereocenters. The molecule has 0 aliphatic carbocycles. The van der Waals surface area contributed by atoms with E-state index in [-0.39, 0.29) is 32.0 Å². The summed E-state index contributed by atoms with van der Waals surface area (Å²) in [6.45, 7) is 4.33. The quantitative estimate of drug-likeness (QED) is 0.0195. The SMILES string of the molecule is CCCCCCCCCC/C=C\CCCCCCCCCCCCCCCC(=O)OC(COC(=O)CCCCCCCCCCCCCCCCCCCCCCCCCCCCCCCCCCCCCCCCCC)COP(=O)([O-])OCC[N+](C)(C)C. The number of esters is 2. The first-order valence-corrected chi connectivity index (χ1v) is 41.4. The predicted molar refractivity (Wildman–Crippen MR) is 384 cm³/mol. The summed E-state index contributed by atoms with van der Waals surface area (Å²) in [4.78, 5) is 38.1. The molecule has 530 valence electrons. The summed E-state index contributed by atoms with van der Waals surface area (Å²) < 4.78 is 34.4. The molecule has 0 aromatic rings. The van der Waals surface area contributed by atoms with Crippen LogP contribution in [0.4, 0.5) is 0 Å². The van der Waals surface area contributed by atoms with Crippen molar-refractivity contribution in [2.24, 2.45) is 0 Å². The fourth-order valence-electron chi connectivity index (χ4n) is 12.4. The summed E-state index contributed by atoms with van der Waals surface area (Å²) in [6.07, 6.45) is 89.2. The van der Waals surface area contributed by atoms with Crippen LogP contribution in [-0.4, -0.2) is 70.0 Å². The molecule has 0 rings (SSSR count). The Morgan fingerprint density at radius 2 is 0.573 bits per heavy atom.